The first kappa shape index (κ1) is 17.1. The maximum atomic E-state index is 12.9. The van der Waals surface area contributed by atoms with E-state index in [4.69, 9.17) is 0 Å². The Hall–Kier alpha value is -1.69. The van der Waals surface area contributed by atoms with Crippen molar-refractivity contribution in [2.24, 2.45) is 11.8 Å². The molecule has 2 saturated heterocycles. The minimum absolute atomic E-state index is 0.0429. The van der Waals surface area contributed by atoms with Gasteiger partial charge < -0.3 is 14.7 Å². The lowest BCUT2D eigenvalue weighted by molar-refractivity contribution is -0.915. The molecule has 3 heterocycles. The van der Waals surface area contributed by atoms with Crippen LogP contribution in [0, 0.1) is 11.8 Å². The average molecular weight is 332 g/mol. The predicted molar refractivity (Wildman–Crippen MR) is 93.9 cm³/mol. The molecule has 2 aliphatic rings. The highest BCUT2D eigenvalue weighted by Gasteiger charge is 2.35. The molecule has 1 aromatic heterocycles. The quantitative estimate of drug-likeness (QED) is 0.851. The Labute approximate surface area is 144 Å². The fraction of sp³-hybridized carbons (Fsp3) is 0.722. The van der Waals surface area contributed by atoms with E-state index in [1.807, 2.05) is 6.07 Å². The molecule has 0 saturated carbocycles. The SMILES string of the molecule is C[C@H]1C[C@H](C)CN(C(=O)[C@@H](C)[NH+]2CCN(c3ncccn3)CC2)C1. The number of aromatic nitrogens is 2. The summed E-state index contributed by atoms with van der Waals surface area (Å²) in [6.45, 7) is 12.2. The van der Waals surface area contributed by atoms with Crippen LogP contribution in [0.15, 0.2) is 18.5 Å². The zero-order valence-corrected chi connectivity index (χ0v) is 15.1. The van der Waals surface area contributed by atoms with Crippen molar-refractivity contribution in [2.45, 2.75) is 33.2 Å². The summed E-state index contributed by atoms with van der Waals surface area (Å²) in [5, 5.41) is 0. The van der Waals surface area contributed by atoms with E-state index in [2.05, 4.69) is 40.5 Å². The van der Waals surface area contributed by atoms with Crippen molar-refractivity contribution in [1.29, 1.82) is 0 Å². The third kappa shape index (κ3) is 3.86. The molecule has 2 aliphatic heterocycles. The zero-order chi connectivity index (χ0) is 17.1. The van der Waals surface area contributed by atoms with Crippen LogP contribution < -0.4 is 9.80 Å². The molecule has 132 valence electrons. The molecule has 0 unspecified atom stereocenters. The van der Waals surface area contributed by atoms with Gasteiger partial charge in [-0.2, -0.15) is 0 Å². The molecule has 0 aromatic carbocycles. The van der Waals surface area contributed by atoms with E-state index in [0.29, 0.717) is 17.7 Å². The number of hydrogen-bond acceptors (Lipinski definition) is 4. The van der Waals surface area contributed by atoms with Gasteiger partial charge in [-0.25, -0.2) is 9.97 Å². The van der Waals surface area contributed by atoms with Crippen LogP contribution in [0.1, 0.15) is 27.2 Å². The molecule has 1 N–H and O–H groups in total. The molecule has 0 radical (unpaired) electrons. The number of quaternary nitrogens is 1. The molecular formula is C18H30N5O+. The van der Waals surface area contributed by atoms with E-state index in [0.717, 1.165) is 45.2 Å². The normalized spacial score (nSPS) is 27.1. The summed E-state index contributed by atoms with van der Waals surface area (Å²) in [4.78, 5) is 27.3. The monoisotopic (exact) mass is 332 g/mol. The number of nitrogens with zero attached hydrogens (tertiary/aromatic N) is 4. The highest BCUT2D eigenvalue weighted by Crippen LogP contribution is 2.21. The van der Waals surface area contributed by atoms with E-state index in [1.54, 1.807) is 12.4 Å². The smallest absolute Gasteiger partial charge is 0.280 e. The number of rotatable bonds is 3. The maximum Gasteiger partial charge on any atom is 0.280 e. The van der Waals surface area contributed by atoms with E-state index in [-0.39, 0.29) is 6.04 Å². The van der Waals surface area contributed by atoms with Gasteiger partial charge in [0.05, 0.1) is 26.2 Å². The highest BCUT2D eigenvalue weighted by atomic mass is 16.2. The third-order valence-electron chi connectivity index (χ3n) is 5.40. The number of carbonyl (C=O) groups excluding carboxylic acids is 1. The van der Waals surface area contributed by atoms with Crippen LogP contribution in [0.25, 0.3) is 0 Å². The van der Waals surface area contributed by atoms with E-state index in [1.165, 1.54) is 11.3 Å². The standard InChI is InChI=1S/C18H29N5O/c1-14-11-15(2)13-23(12-14)17(24)16(3)21-7-9-22(10-8-21)18-19-5-4-6-20-18/h4-6,14-16H,7-13H2,1-3H3/p+1/t14-,15-,16+/m0/s1. The summed E-state index contributed by atoms with van der Waals surface area (Å²) in [5.41, 5.74) is 0. The highest BCUT2D eigenvalue weighted by molar-refractivity contribution is 5.80. The summed E-state index contributed by atoms with van der Waals surface area (Å²) in [7, 11) is 0. The maximum absolute atomic E-state index is 12.9. The number of amides is 1. The van der Waals surface area contributed by atoms with Gasteiger partial charge in [0.1, 0.15) is 0 Å². The Bertz CT molecular complexity index is 534. The lowest BCUT2D eigenvalue weighted by Gasteiger charge is -2.39. The minimum Gasteiger partial charge on any atom is -0.337 e. The van der Waals surface area contributed by atoms with Gasteiger partial charge in [0.25, 0.3) is 5.91 Å². The van der Waals surface area contributed by atoms with Crippen LogP contribution in [0.5, 0.6) is 0 Å². The van der Waals surface area contributed by atoms with Crippen LogP contribution >= 0.6 is 0 Å². The molecule has 3 atom stereocenters. The van der Waals surface area contributed by atoms with Gasteiger partial charge in [0.2, 0.25) is 5.95 Å². The third-order valence-corrected chi connectivity index (χ3v) is 5.40. The molecular weight excluding hydrogens is 302 g/mol. The number of carbonyl (C=O) groups is 1. The molecule has 6 nitrogen and oxygen atoms in total. The Balaban J connectivity index is 1.55. The summed E-state index contributed by atoms with van der Waals surface area (Å²) in [6, 6.07) is 1.88. The minimum atomic E-state index is 0.0429. The predicted octanol–water partition coefficient (Wildman–Crippen LogP) is 0.0745. The number of likely N-dealkylation sites (tertiary alicyclic amines) is 1. The largest absolute Gasteiger partial charge is 0.337 e. The van der Waals surface area contributed by atoms with Crippen LogP contribution in [0.4, 0.5) is 5.95 Å². The van der Waals surface area contributed by atoms with Gasteiger partial charge in [-0.1, -0.05) is 13.8 Å². The molecule has 0 aliphatic carbocycles. The van der Waals surface area contributed by atoms with Crippen LogP contribution in [-0.4, -0.2) is 66.1 Å². The van der Waals surface area contributed by atoms with Crippen LogP contribution in [0.2, 0.25) is 0 Å². The lowest BCUT2D eigenvalue weighted by atomic mass is 9.91. The summed E-state index contributed by atoms with van der Waals surface area (Å²) < 4.78 is 0. The zero-order valence-electron chi connectivity index (χ0n) is 15.1. The first-order chi connectivity index (χ1) is 11.5. The number of hydrogen-bond donors (Lipinski definition) is 1. The number of piperazine rings is 1. The Morgan fingerprint density at radius 2 is 1.75 bits per heavy atom. The Morgan fingerprint density at radius 1 is 1.17 bits per heavy atom. The van der Waals surface area contributed by atoms with Crippen molar-refractivity contribution in [1.82, 2.24) is 14.9 Å². The molecule has 3 rings (SSSR count). The van der Waals surface area contributed by atoms with Crippen molar-refractivity contribution in [3.05, 3.63) is 18.5 Å². The number of nitrogens with one attached hydrogen (secondary N) is 1. The molecule has 2 fully saturated rings. The Morgan fingerprint density at radius 3 is 2.33 bits per heavy atom. The summed E-state index contributed by atoms with van der Waals surface area (Å²) >= 11 is 0. The van der Waals surface area contributed by atoms with E-state index in [9.17, 15) is 4.79 Å². The van der Waals surface area contributed by atoms with Gasteiger partial charge in [0, 0.05) is 25.5 Å². The molecule has 24 heavy (non-hydrogen) atoms. The first-order valence-electron chi connectivity index (χ1n) is 9.20. The van der Waals surface area contributed by atoms with Gasteiger partial charge in [-0.3, -0.25) is 4.79 Å². The molecule has 1 aromatic rings. The first-order valence-corrected chi connectivity index (χ1v) is 9.20. The second-order valence-corrected chi connectivity index (χ2v) is 7.61. The summed E-state index contributed by atoms with van der Waals surface area (Å²) in [6.07, 6.45) is 4.81. The van der Waals surface area contributed by atoms with Crippen molar-refractivity contribution in [3.63, 3.8) is 0 Å². The fourth-order valence-electron chi connectivity index (χ4n) is 4.17. The number of anilines is 1. The molecule has 0 bridgehead atoms. The van der Waals surface area contributed by atoms with Crippen LogP contribution in [0.3, 0.4) is 0 Å². The van der Waals surface area contributed by atoms with Gasteiger partial charge in [-0.15, -0.1) is 0 Å². The van der Waals surface area contributed by atoms with E-state index >= 15 is 0 Å². The van der Waals surface area contributed by atoms with Gasteiger partial charge in [-0.05, 0) is 31.2 Å². The van der Waals surface area contributed by atoms with Crippen molar-refractivity contribution in [3.8, 4) is 0 Å². The van der Waals surface area contributed by atoms with Crippen molar-refractivity contribution < 1.29 is 9.69 Å². The van der Waals surface area contributed by atoms with Crippen LogP contribution in [-0.2, 0) is 4.79 Å². The topological polar surface area (TPSA) is 53.8 Å². The molecule has 0 spiro atoms. The van der Waals surface area contributed by atoms with Crippen molar-refractivity contribution >= 4 is 11.9 Å². The van der Waals surface area contributed by atoms with Crippen molar-refractivity contribution in [2.75, 3.05) is 44.2 Å². The number of piperidine rings is 1. The molecule has 6 heteroatoms. The fourth-order valence-corrected chi connectivity index (χ4v) is 4.17. The van der Waals surface area contributed by atoms with Gasteiger partial charge >= 0.3 is 0 Å². The second-order valence-electron chi connectivity index (χ2n) is 7.61. The lowest BCUT2D eigenvalue weighted by Crippen LogP contribution is -3.19. The summed E-state index contributed by atoms with van der Waals surface area (Å²) in [5.74, 6) is 2.36. The Kier molecular flexibility index (Phi) is 5.33. The van der Waals surface area contributed by atoms with Gasteiger partial charge in [0.15, 0.2) is 6.04 Å². The second kappa shape index (κ2) is 7.47. The van der Waals surface area contributed by atoms with E-state index < -0.39 is 0 Å². The average Bonchev–Trinajstić information content (AvgIpc) is 2.60. The molecule has 1 amide bonds.